The lowest BCUT2D eigenvalue weighted by Crippen LogP contribution is -2.61. The van der Waals surface area contributed by atoms with Gasteiger partial charge in [0.15, 0.2) is 5.65 Å². The van der Waals surface area contributed by atoms with E-state index in [1.54, 1.807) is 9.47 Å². The van der Waals surface area contributed by atoms with Crippen LogP contribution in [-0.4, -0.2) is 66.2 Å². The number of rotatable bonds is 4. The highest BCUT2D eigenvalue weighted by atomic mass is 19.1. The van der Waals surface area contributed by atoms with Gasteiger partial charge in [0.05, 0.1) is 5.39 Å². The van der Waals surface area contributed by atoms with Gasteiger partial charge < -0.3 is 14.9 Å². The lowest BCUT2D eigenvalue weighted by Gasteiger charge is -2.46. The smallest absolute Gasteiger partial charge is 0.254 e. The molecule has 8 nitrogen and oxygen atoms in total. The van der Waals surface area contributed by atoms with Crippen LogP contribution in [0.5, 0.6) is 0 Å². The Morgan fingerprint density at radius 3 is 2.50 bits per heavy atom. The highest BCUT2D eigenvalue weighted by Gasteiger charge is 2.39. The van der Waals surface area contributed by atoms with Crippen LogP contribution in [0.15, 0.2) is 61.2 Å². The van der Waals surface area contributed by atoms with Gasteiger partial charge in [0.25, 0.3) is 5.91 Å². The number of nitrogens with zero attached hydrogens (tertiary/aromatic N) is 6. The van der Waals surface area contributed by atoms with E-state index in [0.29, 0.717) is 24.6 Å². The maximum Gasteiger partial charge on any atom is 0.254 e. The van der Waals surface area contributed by atoms with E-state index >= 15 is 0 Å². The van der Waals surface area contributed by atoms with E-state index in [9.17, 15) is 14.3 Å². The van der Waals surface area contributed by atoms with E-state index in [-0.39, 0.29) is 23.8 Å². The molecule has 1 N–H and O–H groups in total. The first-order chi connectivity index (χ1) is 17.1. The second-order valence-corrected chi connectivity index (χ2v) is 9.87. The zero-order valence-corrected chi connectivity index (χ0v) is 20.8. The monoisotopic (exact) mass is 488 g/mol. The summed E-state index contributed by atoms with van der Waals surface area (Å²) in [5.74, 6) is 0.493. The minimum Gasteiger partial charge on any atom is -0.381 e. The lowest BCUT2D eigenvalue weighted by molar-refractivity contribution is -0.151. The third kappa shape index (κ3) is 4.19. The van der Waals surface area contributed by atoms with E-state index in [1.807, 2.05) is 50.4 Å². The zero-order valence-electron chi connectivity index (χ0n) is 20.8. The summed E-state index contributed by atoms with van der Waals surface area (Å²) in [6.07, 6.45) is 4.86. The summed E-state index contributed by atoms with van der Waals surface area (Å²) < 4.78 is 15.9. The van der Waals surface area contributed by atoms with Crippen LogP contribution in [0.25, 0.3) is 28.0 Å². The van der Waals surface area contributed by atoms with Crippen LogP contribution in [0.4, 0.5) is 10.2 Å². The van der Waals surface area contributed by atoms with Crippen molar-refractivity contribution in [2.24, 2.45) is 0 Å². The number of piperazine rings is 1. The molecule has 9 heteroatoms. The number of hydrogen-bond acceptors (Lipinski definition) is 6. The highest BCUT2D eigenvalue weighted by molar-refractivity contribution is 6.02. The maximum absolute atomic E-state index is 14.1. The third-order valence-corrected chi connectivity index (χ3v) is 6.64. The van der Waals surface area contributed by atoms with Crippen molar-refractivity contribution in [1.82, 2.24) is 24.4 Å². The molecule has 0 radical (unpaired) electrons. The van der Waals surface area contributed by atoms with Gasteiger partial charge >= 0.3 is 0 Å². The molecule has 36 heavy (non-hydrogen) atoms. The molecule has 0 saturated carbocycles. The van der Waals surface area contributed by atoms with Crippen molar-refractivity contribution in [2.75, 3.05) is 18.0 Å². The van der Waals surface area contributed by atoms with Crippen molar-refractivity contribution in [2.45, 2.75) is 45.4 Å². The van der Waals surface area contributed by atoms with Crippen molar-refractivity contribution in [3.63, 3.8) is 0 Å². The standard InChI is InChI=1S/C27H29FN6O2/c1-17-14-33(26(35)27(3,4)36)18(2)13-32(17)24-23-21(19-8-6-5-7-9-19)15-34(25(23)31-16-30-24)22-12-20(28)10-11-29-22/h5-12,15-18,36H,13-14H2,1-4H3/t17-,18+/m0/s1. The molecule has 2 atom stereocenters. The molecule has 3 aromatic heterocycles. The van der Waals surface area contributed by atoms with Gasteiger partial charge in [-0.2, -0.15) is 0 Å². The molecule has 0 aliphatic carbocycles. The molecule has 186 valence electrons. The normalized spacial score (nSPS) is 18.6. The van der Waals surface area contributed by atoms with Crippen LogP contribution in [-0.2, 0) is 4.79 Å². The maximum atomic E-state index is 14.1. The molecule has 0 spiro atoms. The Morgan fingerprint density at radius 1 is 1.06 bits per heavy atom. The zero-order chi connectivity index (χ0) is 25.6. The molecule has 0 bridgehead atoms. The van der Waals surface area contributed by atoms with Crippen LogP contribution in [0.3, 0.4) is 0 Å². The summed E-state index contributed by atoms with van der Waals surface area (Å²) in [5, 5.41) is 11.1. The Morgan fingerprint density at radius 2 is 1.81 bits per heavy atom. The first-order valence-corrected chi connectivity index (χ1v) is 12.0. The van der Waals surface area contributed by atoms with Crippen molar-refractivity contribution in [1.29, 1.82) is 0 Å². The summed E-state index contributed by atoms with van der Waals surface area (Å²) in [5.41, 5.74) is 1.06. The van der Waals surface area contributed by atoms with Crippen molar-refractivity contribution >= 4 is 22.8 Å². The highest BCUT2D eigenvalue weighted by Crippen LogP contribution is 2.38. The third-order valence-electron chi connectivity index (χ3n) is 6.64. The van der Waals surface area contributed by atoms with Gasteiger partial charge in [-0.15, -0.1) is 0 Å². The van der Waals surface area contributed by atoms with Crippen LogP contribution in [0.1, 0.15) is 27.7 Å². The van der Waals surface area contributed by atoms with Crippen molar-refractivity contribution in [3.05, 3.63) is 67.0 Å². The minimum atomic E-state index is -1.44. The van der Waals surface area contributed by atoms with E-state index in [0.717, 1.165) is 22.3 Å². The molecule has 1 aliphatic heterocycles. The van der Waals surface area contributed by atoms with Gasteiger partial charge in [-0.3, -0.25) is 9.36 Å². The van der Waals surface area contributed by atoms with E-state index in [2.05, 4.69) is 14.9 Å². The van der Waals surface area contributed by atoms with Crippen molar-refractivity contribution in [3.8, 4) is 16.9 Å². The summed E-state index contributed by atoms with van der Waals surface area (Å²) in [6.45, 7) is 8.03. The molecular weight excluding hydrogens is 459 g/mol. The van der Waals surface area contributed by atoms with Crippen LogP contribution >= 0.6 is 0 Å². The average molecular weight is 489 g/mol. The molecule has 4 aromatic rings. The molecule has 1 amide bonds. The molecular formula is C27H29FN6O2. The number of carbonyl (C=O) groups excluding carboxylic acids is 1. The number of amides is 1. The van der Waals surface area contributed by atoms with Crippen LogP contribution < -0.4 is 4.90 Å². The van der Waals surface area contributed by atoms with E-state index in [4.69, 9.17) is 4.98 Å². The number of halogens is 1. The molecule has 4 heterocycles. The molecule has 0 unspecified atom stereocenters. The summed E-state index contributed by atoms with van der Waals surface area (Å²) in [7, 11) is 0. The quantitative estimate of drug-likeness (QED) is 0.470. The summed E-state index contributed by atoms with van der Waals surface area (Å²) in [6, 6.07) is 12.4. The topological polar surface area (TPSA) is 87.4 Å². The second-order valence-electron chi connectivity index (χ2n) is 9.87. The predicted octanol–water partition coefficient (Wildman–Crippen LogP) is 3.82. The summed E-state index contributed by atoms with van der Waals surface area (Å²) >= 11 is 0. The Bertz CT molecular complexity index is 1420. The Balaban J connectivity index is 1.65. The predicted molar refractivity (Wildman–Crippen MR) is 136 cm³/mol. The first kappa shape index (κ1) is 23.9. The first-order valence-electron chi connectivity index (χ1n) is 12.0. The Labute approximate surface area is 209 Å². The van der Waals surface area contributed by atoms with Gasteiger partial charge in [0.1, 0.15) is 29.4 Å². The van der Waals surface area contributed by atoms with E-state index in [1.165, 1.54) is 38.5 Å². The van der Waals surface area contributed by atoms with Crippen LogP contribution in [0.2, 0.25) is 0 Å². The van der Waals surface area contributed by atoms with E-state index < -0.39 is 5.60 Å². The molecule has 1 saturated heterocycles. The van der Waals surface area contributed by atoms with Gasteiger partial charge in [0.2, 0.25) is 0 Å². The second kappa shape index (κ2) is 8.98. The van der Waals surface area contributed by atoms with Crippen molar-refractivity contribution < 1.29 is 14.3 Å². The summed E-state index contributed by atoms with van der Waals surface area (Å²) in [4.78, 5) is 30.4. The van der Waals surface area contributed by atoms with Gasteiger partial charge in [-0.05, 0) is 39.3 Å². The Kier molecular flexibility index (Phi) is 5.96. The fraction of sp³-hybridized carbons (Fsp3) is 0.333. The van der Waals surface area contributed by atoms with Gasteiger partial charge in [-0.25, -0.2) is 19.3 Å². The lowest BCUT2D eigenvalue weighted by atomic mass is 10.0. The number of anilines is 1. The molecule has 1 fully saturated rings. The Hall–Kier alpha value is -3.85. The number of aliphatic hydroxyl groups is 1. The average Bonchev–Trinajstić information content (AvgIpc) is 3.25. The fourth-order valence-electron chi connectivity index (χ4n) is 4.86. The largest absolute Gasteiger partial charge is 0.381 e. The molecule has 1 aromatic carbocycles. The number of fused-ring (bicyclic) bond motifs is 1. The molecule has 1 aliphatic rings. The number of hydrogen-bond donors (Lipinski definition) is 1. The number of aromatic nitrogens is 4. The van der Waals surface area contributed by atoms with Gasteiger partial charge in [0, 0.05) is 49.2 Å². The van der Waals surface area contributed by atoms with Gasteiger partial charge in [-0.1, -0.05) is 30.3 Å². The molecule has 5 rings (SSSR count). The minimum absolute atomic E-state index is 0.0649. The number of pyridine rings is 1. The number of benzene rings is 1. The number of carbonyl (C=O) groups is 1. The van der Waals surface area contributed by atoms with Crippen LogP contribution in [0, 0.1) is 5.82 Å². The fourth-order valence-corrected chi connectivity index (χ4v) is 4.86. The SMILES string of the molecule is C[C@@H]1CN(c2ncnc3c2c(-c2ccccc2)cn3-c2cc(F)ccn2)[C@@H](C)CN1C(=O)C(C)(C)O.